The first-order valence-electron chi connectivity index (χ1n) is 7.37. The van der Waals surface area contributed by atoms with Crippen LogP contribution in [-0.4, -0.2) is 55.5 Å². The zero-order valence-corrected chi connectivity index (χ0v) is 13.6. The summed E-state index contributed by atoms with van der Waals surface area (Å²) in [7, 11) is 1.95. The molecule has 2 heterocycles. The number of carbonyl (C=O) groups excluding carboxylic acids is 1. The SMILES string of the molecule is CN(CC(=O)N1CCNCC1)Cc1cc2ccccc2o1.Cl. The largest absolute Gasteiger partial charge is 0.460 e. The average Bonchev–Trinajstić information content (AvgIpc) is 2.90. The summed E-state index contributed by atoms with van der Waals surface area (Å²) in [6, 6.07) is 10.0. The number of amides is 1. The molecule has 1 saturated heterocycles. The highest BCUT2D eigenvalue weighted by molar-refractivity contribution is 5.85. The molecule has 0 radical (unpaired) electrons. The molecule has 6 heteroatoms. The minimum atomic E-state index is 0. The van der Waals surface area contributed by atoms with Gasteiger partial charge in [0.15, 0.2) is 0 Å². The molecule has 1 aliphatic rings. The fraction of sp³-hybridized carbons (Fsp3) is 0.438. The second-order valence-electron chi connectivity index (χ2n) is 5.55. The number of hydrogen-bond donors (Lipinski definition) is 1. The van der Waals surface area contributed by atoms with Crippen molar-refractivity contribution in [2.75, 3.05) is 39.8 Å². The standard InChI is InChI=1S/C16H21N3O2.ClH/c1-18(12-16(20)19-8-6-17-7-9-19)11-14-10-13-4-2-3-5-15(13)21-14;/h2-5,10,17H,6-9,11-12H2,1H3;1H. The van der Waals surface area contributed by atoms with Crippen molar-refractivity contribution in [2.45, 2.75) is 6.54 Å². The zero-order valence-electron chi connectivity index (χ0n) is 12.7. The number of piperazine rings is 1. The maximum absolute atomic E-state index is 12.2. The number of para-hydroxylation sites is 1. The molecule has 0 saturated carbocycles. The number of likely N-dealkylation sites (N-methyl/N-ethyl adjacent to an activating group) is 1. The Kier molecular flexibility index (Phi) is 5.83. The van der Waals surface area contributed by atoms with E-state index >= 15 is 0 Å². The number of nitrogens with zero attached hydrogens (tertiary/aromatic N) is 2. The van der Waals surface area contributed by atoms with Crippen molar-refractivity contribution in [3.8, 4) is 0 Å². The van der Waals surface area contributed by atoms with E-state index in [1.807, 2.05) is 47.2 Å². The molecule has 1 amide bonds. The Bertz CT molecular complexity index is 590. The lowest BCUT2D eigenvalue weighted by molar-refractivity contribution is -0.132. The van der Waals surface area contributed by atoms with Crippen molar-refractivity contribution in [3.05, 3.63) is 36.1 Å². The van der Waals surface area contributed by atoms with Gasteiger partial charge in [-0.05, 0) is 19.2 Å². The molecule has 1 fully saturated rings. The summed E-state index contributed by atoms with van der Waals surface area (Å²) in [5.41, 5.74) is 0.898. The summed E-state index contributed by atoms with van der Waals surface area (Å²) in [5.74, 6) is 1.09. The second kappa shape index (κ2) is 7.63. The molecule has 3 rings (SSSR count). The number of furan rings is 1. The van der Waals surface area contributed by atoms with Crippen molar-refractivity contribution in [2.24, 2.45) is 0 Å². The Balaban J connectivity index is 0.00000176. The Morgan fingerprint density at radius 1 is 1.32 bits per heavy atom. The minimum absolute atomic E-state index is 0. The summed E-state index contributed by atoms with van der Waals surface area (Å²) in [6.07, 6.45) is 0. The molecule has 1 aromatic heterocycles. The number of hydrogen-bond acceptors (Lipinski definition) is 4. The van der Waals surface area contributed by atoms with Crippen molar-refractivity contribution >= 4 is 29.3 Å². The molecule has 22 heavy (non-hydrogen) atoms. The van der Waals surface area contributed by atoms with Gasteiger partial charge >= 0.3 is 0 Å². The van der Waals surface area contributed by atoms with Gasteiger partial charge in [0.05, 0.1) is 13.1 Å². The Labute approximate surface area is 136 Å². The first kappa shape index (κ1) is 16.8. The maximum Gasteiger partial charge on any atom is 0.236 e. The molecule has 1 aromatic carbocycles. The second-order valence-corrected chi connectivity index (χ2v) is 5.55. The van der Waals surface area contributed by atoms with Gasteiger partial charge in [-0.3, -0.25) is 9.69 Å². The molecule has 0 atom stereocenters. The van der Waals surface area contributed by atoms with E-state index in [0.29, 0.717) is 13.1 Å². The van der Waals surface area contributed by atoms with Crippen LogP contribution in [0.15, 0.2) is 34.7 Å². The number of rotatable bonds is 4. The van der Waals surface area contributed by atoms with Gasteiger partial charge in [-0.2, -0.15) is 0 Å². The number of halogens is 1. The van der Waals surface area contributed by atoms with E-state index in [2.05, 4.69) is 5.32 Å². The van der Waals surface area contributed by atoms with Crippen LogP contribution >= 0.6 is 12.4 Å². The third-order valence-corrected chi connectivity index (χ3v) is 3.78. The number of nitrogens with one attached hydrogen (secondary N) is 1. The van der Waals surface area contributed by atoms with Crippen LogP contribution < -0.4 is 5.32 Å². The molecule has 1 aliphatic heterocycles. The van der Waals surface area contributed by atoms with Gasteiger partial charge in [-0.25, -0.2) is 0 Å². The van der Waals surface area contributed by atoms with Crippen molar-refractivity contribution in [1.29, 1.82) is 0 Å². The summed E-state index contributed by atoms with van der Waals surface area (Å²) >= 11 is 0. The molecule has 0 spiro atoms. The van der Waals surface area contributed by atoms with Crippen molar-refractivity contribution < 1.29 is 9.21 Å². The van der Waals surface area contributed by atoms with Crippen molar-refractivity contribution in [1.82, 2.24) is 15.1 Å². The van der Waals surface area contributed by atoms with Gasteiger partial charge in [0, 0.05) is 31.6 Å². The van der Waals surface area contributed by atoms with Crippen LogP contribution in [0.2, 0.25) is 0 Å². The third-order valence-electron chi connectivity index (χ3n) is 3.78. The smallest absolute Gasteiger partial charge is 0.236 e. The van der Waals surface area contributed by atoms with Gasteiger partial charge < -0.3 is 14.6 Å². The predicted molar refractivity (Wildman–Crippen MR) is 89.2 cm³/mol. The van der Waals surface area contributed by atoms with E-state index in [1.54, 1.807) is 0 Å². The van der Waals surface area contributed by atoms with Crippen LogP contribution in [0, 0.1) is 0 Å². The van der Waals surface area contributed by atoms with Crippen molar-refractivity contribution in [3.63, 3.8) is 0 Å². The molecule has 120 valence electrons. The fourth-order valence-corrected chi connectivity index (χ4v) is 2.68. The van der Waals surface area contributed by atoms with E-state index in [-0.39, 0.29) is 18.3 Å². The lowest BCUT2D eigenvalue weighted by Crippen LogP contribution is -2.49. The molecule has 0 bridgehead atoms. The highest BCUT2D eigenvalue weighted by Gasteiger charge is 2.18. The van der Waals surface area contributed by atoms with E-state index in [9.17, 15) is 4.79 Å². The summed E-state index contributed by atoms with van der Waals surface area (Å²) in [6.45, 7) is 4.45. The summed E-state index contributed by atoms with van der Waals surface area (Å²) in [5, 5.41) is 4.36. The number of fused-ring (bicyclic) bond motifs is 1. The van der Waals surface area contributed by atoms with Gasteiger partial charge in [-0.1, -0.05) is 18.2 Å². The number of carbonyl (C=O) groups is 1. The molecule has 1 N–H and O–H groups in total. The molecule has 5 nitrogen and oxygen atoms in total. The highest BCUT2D eigenvalue weighted by atomic mass is 35.5. The maximum atomic E-state index is 12.2. The van der Waals surface area contributed by atoms with E-state index < -0.39 is 0 Å². The van der Waals surface area contributed by atoms with E-state index in [0.717, 1.165) is 42.9 Å². The van der Waals surface area contributed by atoms with Crippen LogP contribution in [0.4, 0.5) is 0 Å². The van der Waals surface area contributed by atoms with Gasteiger partial charge in [0.25, 0.3) is 0 Å². The van der Waals surface area contributed by atoms with Crippen LogP contribution in [0.3, 0.4) is 0 Å². The molecular weight excluding hydrogens is 302 g/mol. The molecular formula is C16H22ClN3O2. The molecule has 2 aromatic rings. The monoisotopic (exact) mass is 323 g/mol. The predicted octanol–water partition coefficient (Wildman–Crippen LogP) is 1.72. The van der Waals surface area contributed by atoms with Gasteiger partial charge in [-0.15, -0.1) is 12.4 Å². The summed E-state index contributed by atoms with van der Waals surface area (Å²) < 4.78 is 5.79. The fourth-order valence-electron chi connectivity index (χ4n) is 2.68. The zero-order chi connectivity index (χ0) is 14.7. The van der Waals surface area contributed by atoms with Gasteiger partial charge in [0.2, 0.25) is 5.91 Å². The number of benzene rings is 1. The van der Waals surface area contributed by atoms with Crippen LogP contribution in [0.5, 0.6) is 0 Å². The molecule has 0 unspecified atom stereocenters. The van der Waals surface area contributed by atoms with E-state index in [4.69, 9.17) is 4.42 Å². The summed E-state index contributed by atoms with van der Waals surface area (Å²) in [4.78, 5) is 16.1. The highest BCUT2D eigenvalue weighted by Crippen LogP contribution is 2.19. The van der Waals surface area contributed by atoms with Crippen LogP contribution in [-0.2, 0) is 11.3 Å². The van der Waals surface area contributed by atoms with Gasteiger partial charge in [0.1, 0.15) is 11.3 Å². The molecule has 0 aliphatic carbocycles. The Morgan fingerprint density at radius 3 is 2.77 bits per heavy atom. The topological polar surface area (TPSA) is 48.7 Å². The quantitative estimate of drug-likeness (QED) is 0.930. The van der Waals surface area contributed by atoms with Crippen LogP contribution in [0.25, 0.3) is 11.0 Å². The Morgan fingerprint density at radius 2 is 2.05 bits per heavy atom. The first-order valence-corrected chi connectivity index (χ1v) is 7.37. The lowest BCUT2D eigenvalue weighted by Gasteiger charge is -2.29. The van der Waals surface area contributed by atoms with E-state index in [1.165, 1.54) is 0 Å². The Hall–Kier alpha value is -1.56. The third kappa shape index (κ3) is 4.00. The van der Waals surface area contributed by atoms with Crippen LogP contribution in [0.1, 0.15) is 5.76 Å². The lowest BCUT2D eigenvalue weighted by atomic mass is 10.2. The first-order chi connectivity index (χ1) is 10.2. The normalized spacial score (nSPS) is 15.1. The minimum Gasteiger partial charge on any atom is -0.460 e. The average molecular weight is 324 g/mol.